The van der Waals surface area contributed by atoms with Crippen molar-refractivity contribution in [3.05, 3.63) is 0 Å². The minimum atomic E-state index is -1.26. The summed E-state index contributed by atoms with van der Waals surface area (Å²) < 4.78 is 0. The predicted octanol–water partition coefficient (Wildman–Crippen LogP) is 2.03. The molecule has 1 heterocycles. The molecule has 7 heteroatoms. The summed E-state index contributed by atoms with van der Waals surface area (Å²) in [7, 11) is 0. The van der Waals surface area contributed by atoms with Gasteiger partial charge in [-0.25, -0.2) is 0 Å². The number of aliphatic hydroxyl groups excluding tert-OH is 2. The zero-order valence-electron chi connectivity index (χ0n) is 18.4. The summed E-state index contributed by atoms with van der Waals surface area (Å²) >= 11 is 0. The van der Waals surface area contributed by atoms with Gasteiger partial charge in [0.25, 0.3) is 0 Å². The summed E-state index contributed by atoms with van der Waals surface area (Å²) in [5.74, 6) is -0.887. The van der Waals surface area contributed by atoms with Gasteiger partial charge in [0.05, 0.1) is 18.1 Å². The number of nitrogens with one attached hydrogen (secondary N) is 2. The molecule has 1 aliphatic rings. The fourth-order valence-electron chi connectivity index (χ4n) is 4.27. The molecule has 1 aliphatic heterocycles. The van der Waals surface area contributed by atoms with Gasteiger partial charge in [0, 0.05) is 25.2 Å². The third-order valence-corrected chi connectivity index (χ3v) is 6.26. The van der Waals surface area contributed by atoms with E-state index in [1.54, 1.807) is 0 Å². The zero-order chi connectivity index (χ0) is 21.7. The summed E-state index contributed by atoms with van der Waals surface area (Å²) in [6.07, 6.45) is 9.02. The number of aliphatic carboxylic acids is 1. The molecule has 5 unspecified atom stereocenters. The van der Waals surface area contributed by atoms with E-state index in [0.717, 1.165) is 44.9 Å². The van der Waals surface area contributed by atoms with E-state index in [1.807, 2.05) is 13.8 Å². The van der Waals surface area contributed by atoms with Gasteiger partial charge in [-0.05, 0) is 57.9 Å². The van der Waals surface area contributed by atoms with Gasteiger partial charge in [-0.3, -0.25) is 4.79 Å². The largest absolute Gasteiger partial charge is 0.481 e. The Hall–Kier alpha value is -0.730. The van der Waals surface area contributed by atoms with Crippen LogP contribution in [-0.4, -0.2) is 69.9 Å². The van der Waals surface area contributed by atoms with Crippen molar-refractivity contribution < 1.29 is 25.2 Å². The molecule has 0 bridgehead atoms. The Morgan fingerprint density at radius 1 is 1.21 bits per heavy atom. The van der Waals surface area contributed by atoms with E-state index in [-0.39, 0.29) is 37.6 Å². The van der Waals surface area contributed by atoms with Gasteiger partial charge in [-0.15, -0.1) is 0 Å². The molecule has 7 nitrogen and oxygen atoms in total. The van der Waals surface area contributed by atoms with E-state index in [1.165, 1.54) is 6.42 Å². The lowest BCUT2D eigenvalue weighted by molar-refractivity contribution is -0.142. The van der Waals surface area contributed by atoms with Crippen LogP contribution >= 0.6 is 0 Å². The van der Waals surface area contributed by atoms with E-state index >= 15 is 0 Å². The second-order valence-electron chi connectivity index (χ2n) is 8.95. The van der Waals surface area contributed by atoms with Gasteiger partial charge in [-0.2, -0.15) is 0 Å². The maximum atomic E-state index is 11.1. The molecule has 0 amide bonds. The zero-order valence-corrected chi connectivity index (χ0v) is 18.4. The molecule has 1 fully saturated rings. The number of hydrogen-bond donors (Lipinski definition) is 6. The fourth-order valence-corrected chi connectivity index (χ4v) is 4.27. The van der Waals surface area contributed by atoms with Crippen LogP contribution in [-0.2, 0) is 4.79 Å². The SMILES string of the molecule is CCNCC(O)(CCC(CO)CCCCCCC1CCC(O)C(C)N1)CC(=O)O. The fraction of sp³-hybridized carbons (Fsp3) is 0.955. The Bertz CT molecular complexity index is 451. The number of aliphatic hydroxyl groups is 3. The molecule has 172 valence electrons. The standard InChI is InChI=1S/C22H44N2O5/c1-3-23-16-22(29,14-21(27)28)13-12-18(15-25)8-6-4-5-7-9-19-10-11-20(26)17(2)24-19/h17-20,23-26,29H,3-16H2,1-2H3,(H,27,28). The lowest BCUT2D eigenvalue weighted by Gasteiger charge is -2.32. The lowest BCUT2D eigenvalue weighted by Crippen LogP contribution is -2.48. The highest BCUT2D eigenvalue weighted by Gasteiger charge is 2.30. The average molecular weight is 417 g/mol. The van der Waals surface area contributed by atoms with E-state index in [0.29, 0.717) is 25.4 Å². The number of carboxylic acid groups (broad SMARTS) is 1. The summed E-state index contributed by atoms with van der Waals surface area (Å²) in [5.41, 5.74) is -1.26. The monoisotopic (exact) mass is 416 g/mol. The van der Waals surface area contributed by atoms with Gasteiger partial charge in [0.15, 0.2) is 0 Å². The van der Waals surface area contributed by atoms with Crippen molar-refractivity contribution in [2.45, 2.75) is 108 Å². The van der Waals surface area contributed by atoms with Crippen LogP contribution in [0.4, 0.5) is 0 Å². The molecule has 1 rings (SSSR count). The summed E-state index contributed by atoms with van der Waals surface area (Å²) in [6.45, 7) is 4.99. The van der Waals surface area contributed by atoms with E-state index in [9.17, 15) is 20.1 Å². The predicted molar refractivity (Wildman–Crippen MR) is 115 cm³/mol. The Labute approximate surface area is 176 Å². The third kappa shape index (κ3) is 11.3. The molecule has 0 aromatic carbocycles. The average Bonchev–Trinajstić information content (AvgIpc) is 2.67. The molecule has 0 radical (unpaired) electrons. The van der Waals surface area contributed by atoms with E-state index in [4.69, 9.17) is 5.11 Å². The van der Waals surface area contributed by atoms with Crippen molar-refractivity contribution in [3.63, 3.8) is 0 Å². The number of rotatable bonds is 16. The maximum absolute atomic E-state index is 11.1. The number of carboxylic acids is 1. The van der Waals surface area contributed by atoms with E-state index < -0.39 is 11.6 Å². The molecule has 0 aromatic heterocycles. The van der Waals surface area contributed by atoms with Gasteiger partial charge < -0.3 is 31.1 Å². The topological polar surface area (TPSA) is 122 Å². The molecule has 0 aliphatic carbocycles. The van der Waals surface area contributed by atoms with Crippen molar-refractivity contribution in [3.8, 4) is 0 Å². The van der Waals surface area contributed by atoms with Crippen molar-refractivity contribution in [1.29, 1.82) is 0 Å². The maximum Gasteiger partial charge on any atom is 0.306 e. The van der Waals surface area contributed by atoms with Crippen LogP contribution in [0.2, 0.25) is 0 Å². The first-order chi connectivity index (χ1) is 13.8. The second-order valence-corrected chi connectivity index (χ2v) is 8.95. The Balaban J connectivity index is 2.20. The van der Waals surface area contributed by atoms with Crippen LogP contribution < -0.4 is 10.6 Å². The van der Waals surface area contributed by atoms with Gasteiger partial charge in [0.2, 0.25) is 0 Å². The molecule has 0 spiro atoms. The highest BCUT2D eigenvalue weighted by Crippen LogP contribution is 2.24. The molecule has 1 saturated heterocycles. The Morgan fingerprint density at radius 2 is 1.93 bits per heavy atom. The summed E-state index contributed by atoms with van der Waals surface area (Å²) in [6, 6.07) is 0.702. The minimum absolute atomic E-state index is 0.0799. The van der Waals surface area contributed by atoms with Crippen LogP contribution in [0.15, 0.2) is 0 Å². The van der Waals surface area contributed by atoms with Crippen LogP contribution in [0.1, 0.15) is 84.5 Å². The van der Waals surface area contributed by atoms with Crippen LogP contribution in [0.5, 0.6) is 0 Å². The Morgan fingerprint density at radius 3 is 2.55 bits per heavy atom. The minimum Gasteiger partial charge on any atom is -0.481 e. The molecule has 0 saturated carbocycles. The third-order valence-electron chi connectivity index (χ3n) is 6.26. The van der Waals surface area contributed by atoms with Crippen molar-refractivity contribution in [1.82, 2.24) is 10.6 Å². The number of unbranched alkanes of at least 4 members (excludes halogenated alkanes) is 3. The van der Waals surface area contributed by atoms with Gasteiger partial charge >= 0.3 is 5.97 Å². The quantitative estimate of drug-likeness (QED) is 0.213. The number of hydrogen-bond acceptors (Lipinski definition) is 6. The van der Waals surface area contributed by atoms with Crippen LogP contribution in [0, 0.1) is 5.92 Å². The molecular formula is C22H44N2O5. The molecule has 5 atom stereocenters. The molecule has 29 heavy (non-hydrogen) atoms. The van der Waals surface area contributed by atoms with Crippen LogP contribution in [0.25, 0.3) is 0 Å². The van der Waals surface area contributed by atoms with Gasteiger partial charge in [0.1, 0.15) is 0 Å². The van der Waals surface area contributed by atoms with E-state index in [2.05, 4.69) is 10.6 Å². The number of carbonyl (C=O) groups is 1. The number of likely N-dealkylation sites (N-methyl/N-ethyl adjacent to an activating group) is 1. The summed E-state index contributed by atoms with van der Waals surface area (Å²) in [5, 5.41) is 45.6. The molecular weight excluding hydrogens is 372 g/mol. The summed E-state index contributed by atoms with van der Waals surface area (Å²) in [4.78, 5) is 11.1. The molecule has 6 N–H and O–H groups in total. The Kier molecular flexibility index (Phi) is 13.0. The molecule has 0 aromatic rings. The van der Waals surface area contributed by atoms with Crippen molar-refractivity contribution >= 4 is 5.97 Å². The highest BCUT2D eigenvalue weighted by molar-refractivity contribution is 5.68. The van der Waals surface area contributed by atoms with Crippen LogP contribution in [0.3, 0.4) is 0 Å². The first-order valence-electron chi connectivity index (χ1n) is 11.5. The normalized spacial score (nSPS) is 25.5. The highest BCUT2D eigenvalue weighted by atomic mass is 16.4. The van der Waals surface area contributed by atoms with Crippen molar-refractivity contribution in [2.24, 2.45) is 5.92 Å². The van der Waals surface area contributed by atoms with Crippen molar-refractivity contribution in [2.75, 3.05) is 19.7 Å². The smallest absolute Gasteiger partial charge is 0.306 e. The van der Waals surface area contributed by atoms with Gasteiger partial charge in [-0.1, -0.05) is 32.6 Å². The number of piperidine rings is 1. The first kappa shape index (κ1) is 26.3. The second kappa shape index (κ2) is 14.3. The lowest BCUT2D eigenvalue weighted by atomic mass is 9.87. The first-order valence-corrected chi connectivity index (χ1v) is 11.5.